The maximum Gasteiger partial charge on any atom is 0.155 e. The average molecular weight is 336 g/mol. The van der Waals surface area contributed by atoms with E-state index >= 15 is 0 Å². The molecule has 0 unspecified atom stereocenters. The third-order valence-corrected chi connectivity index (χ3v) is 4.80. The van der Waals surface area contributed by atoms with Crippen LogP contribution in [0.25, 0.3) is 55.2 Å². The van der Waals surface area contributed by atoms with E-state index in [1.807, 2.05) is 36.4 Å². The van der Waals surface area contributed by atoms with Crippen molar-refractivity contribution in [1.82, 2.24) is 9.97 Å². The molecule has 0 radical (unpaired) electrons. The predicted molar refractivity (Wildman–Crippen MR) is 102 cm³/mol. The van der Waals surface area contributed by atoms with Crippen molar-refractivity contribution in [2.24, 2.45) is 0 Å². The van der Waals surface area contributed by atoms with E-state index < -0.39 is 0 Å². The van der Waals surface area contributed by atoms with E-state index in [0.29, 0.717) is 5.76 Å². The summed E-state index contributed by atoms with van der Waals surface area (Å²) >= 11 is 0. The normalized spacial score (nSPS) is 11.8. The molecular weight excluding hydrogens is 324 g/mol. The third-order valence-electron chi connectivity index (χ3n) is 4.80. The van der Waals surface area contributed by atoms with Crippen LogP contribution in [0.5, 0.6) is 0 Å². The number of nitrogens with zero attached hydrogens (tertiary/aromatic N) is 2. The Balaban J connectivity index is 1.62. The van der Waals surface area contributed by atoms with E-state index in [-0.39, 0.29) is 0 Å². The Morgan fingerprint density at radius 3 is 2.46 bits per heavy atom. The topological polar surface area (TPSA) is 52.1 Å². The van der Waals surface area contributed by atoms with Gasteiger partial charge in [0, 0.05) is 21.5 Å². The quantitative estimate of drug-likeness (QED) is 0.373. The smallest absolute Gasteiger partial charge is 0.155 e. The van der Waals surface area contributed by atoms with Gasteiger partial charge in [0.2, 0.25) is 0 Å². The summed E-state index contributed by atoms with van der Waals surface area (Å²) in [5.74, 6) is 0.713. The average Bonchev–Trinajstić information content (AvgIpc) is 3.34. The van der Waals surface area contributed by atoms with Gasteiger partial charge in [-0.3, -0.25) is 4.98 Å². The van der Waals surface area contributed by atoms with Crippen LogP contribution in [0.3, 0.4) is 0 Å². The highest BCUT2D eigenvalue weighted by atomic mass is 16.3. The third kappa shape index (κ3) is 1.84. The molecule has 0 aliphatic heterocycles. The summed E-state index contributed by atoms with van der Waals surface area (Å²) in [6, 6.07) is 20.1. The van der Waals surface area contributed by atoms with Crippen LogP contribution in [0.1, 0.15) is 0 Å². The monoisotopic (exact) mass is 336 g/mol. The highest BCUT2D eigenvalue weighted by Gasteiger charge is 2.13. The predicted octanol–water partition coefficient (Wildman–Crippen LogP) is 5.94. The van der Waals surface area contributed by atoms with Crippen LogP contribution < -0.4 is 0 Å². The van der Waals surface area contributed by atoms with Crippen LogP contribution in [0.4, 0.5) is 0 Å². The molecule has 26 heavy (non-hydrogen) atoms. The van der Waals surface area contributed by atoms with Crippen molar-refractivity contribution in [3.8, 4) is 11.5 Å². The first kappa shape index (κ1) is 13.6. The molecule has 0 spiro atoms. The van der Waals surface area contributed by atoms with E-state index in [1.54, 1.807) is 12.5 Å². The van der Waals surface area contributed by atoms with Gasteiger partial charge in [-0.1, -0.05) is 24.3 Å². The first-order valence-electron chi connectivity index (χ1n) is 8.41. The lowest BCUT2D eigenvalue weighted by molar-refractivity contribution is 0.618. The van der Waals surface area contributed by atoms with E-state index in [9.17, 15) is 0 Å². The van der Waals surface area contributed by atoms with E-state index in [2.05, 4.69) is 34.2 Å². The molecule has 0 saturated heterocycles. The number of furan rings is 2. The van der Waals surface area contributed by atoms with Crippen molar-refractivity contribution >= 4 is 43.7 Å². The van der Waals surface area contributed by atoms with Crippen molar-refractivity contribution < 1.29 is 8.83 Å². The van der Waals surface area contributed by atoms with Crippen molar-refractivity contribution in [3.05, 3.63) is 73.1 Å². The summed E-state index contributed by atoms with van der Waals surface area (Å²) < 4.78 is 11.9. The Bertz CT molecular complexity index is 1440. The number of benzene rings is 3. The van der Waals surface area contributed by atoms with Crippen LogP contribution in [0.15, 0.2) is 82.0 Å². The Labute approximate surface area is 147 Å². The Kier molecular flexibility index (Phi) is 2.58. The summed E-state index contributed by atoms with van der Waals surface area (Å²) in [4.78, 5) is 9.17. The highest BCUT2D eigenvalue weighted by Crippen LogP contribution is 2.35. The fraction of sp³-hybridized carbons (Fsp3) is 0. The van der Waals surface area contributed by atoms with Gasteiger partial charge < -0.3 is 8.83 Å². The van der Waals surface area contributed by atoms with Crippen LogP contribution >= 0.6 is 0 Å². The van der Waals surface area contributed by atoms with Crippen molar-refractivity contribution in [2.75, 3.05) is 0 Å². The molecule has 0 aliphatic carbocycles. The van der Waals surface area contributed by atoms with E-state index in [0.717, 1.165) is 49.4 Å². The lowest BCUT2D eigenvalue weighted by Gasteiger charge is -2.00. The van der Waals surface area contributed by atoms with Gasteiger partial charge >= 0.3 is 0 Å². The fourth-order valence-corrected chi connectivity index (χ4v) is 3.53. The summed E-state index contributed by atoms with van der Waals surface area (Å²) in [6.07, 6.45) is 3.47. The van der Waals surface area contributed by atoms with Gasteiger partial charge in [-0.15, -0.1) is 0 Å². The molecule has 0 atom stereocenters. The van der Waals surface area contributed by atoms with E-state index in [4.69, 9.17) is 8.83 Å². The largest absolute Gasteiger partial charge is 0.464 e. The molecule has 0 saturated carbocycles. The van der Waals surface area contributed by atoms with Gasteiger partial charge in [-0.25, -0.2) is 4.98 Å². The number of hydrogen-bond acceptors (Lipinski definition) is 4. The van der Waals surface area contributed by atoms with Gasteiger partial charge in [0.25, 0.3) is 0 Å². The van der Waals surface area contributed by atoms with E-state index in [1.165, 1.54) is 0 Å². The zero-order valence-electron chi connectivity index (χ0n) is 13.6. The molecule has 3 aromatic carbocycles. The Morgan fingerprint density at radius 1 is 0.731 bits per heavy atom. The SMILES string of the molecule is c1ccc2nc(-c3cc4ccc5c(ccc6ccoc65)c4o3)cnc2c1. The zero-order chi connectivity index (χ0) is 17.1. The second-order valence-electron chi connectivity index (χ2n) is 6.34. The van der Waals surface area contributed by atoms with Crippen molar-refractivity contribution in [2.45, 2.75) is 0 Å². The Morgan fingerprint density at radius 2 is 1.54 bits per heavy atom. The first-order chi connectivity index (χ1) is 12.9. The van der Waals surface area contributed by atoms with Crippen molar-refractivity contribution in [3.63, 3.8) is 0 Å². The minimum atomic E-state index is 0.713. The molecule has 0 bridgehead atoms. The molecular formula is C22H12N2O2. The van der Waals surface area contributed by atoms with Gasteiger partial charge in [0.1, 0.15) is 16.9 Å². The van der Waals surface area contributed by atoms with Gasteiger partial charge in [-0.2, -0.15) is 0 Å². The van der Waals surface area contributed by atoms with Crippen molar-refractivity contribution in [1.29, 1.82) is 0 Å². The van der Waals surface area contributed by atoms with Crippen LogP contribution in [0.2, 0.25) is 0 Å². The summed E-state index contributed by atoms with van der Waals surface area (Å²) in [5, 5.41) is 4.20. The van der Waals surface area contributed by atoms with Crippen LogP contribution in [-0.4, -0.2) is 9.97 Å². The summed E-state index contributed by atoms with van der Waals surface area (Å²) in [5.41, 5.74) is 4.18. The summed E-state index contributed by atoms with van der Waals surface area (Å²) in [7, 11) is 0. The zero-order valence-corrected chi connectivity index (χ0v) is 13.6. The lowest BCUT2D eigenvalue weighted by atomic mass is 10.1. The number of aromatic nitrogens is 2. The van der Waals surface area contributed by atoms with Gasteiger partial charge in [0.15, 0.2) is 5.76 Å². The lowest BCUT2D eigenvalue weighted by Crippen LogP contribution is -1.86. The molecule has 0 amide bonds. The second-order valence-corrected chi connectivity index (χ2v) is 6.34. The Hall–Kier alpha value is -3.66. The molecule has 4 heteroatoms. The second kappa shape index (κ2) is 4.92. The summed E-state index contributed by atoms with van der Waals surface area (Å²) in [6.45, 7) is 0. The van der Waals surface area contributed by atoms with Gasteiger partial charge in [0.05, 0.1) is 23.5 Å². The molecule has 4 nitrogen and oxygen atoms in total. The highest BCUT2D eigenvalue weighted by molar-refractivity contribution is 6.14. The molecule has 6 rings (SSSR count). The molecule has 122 valence electrons. The number of rotatable bonds is 1. The number of para-hydroxylation sites is 2. The molecule has 3 aromatic heterocycles. The minimum Gasteiger partial charge on any atom is -0.464 e. The van der Waals surface area contributed by atoms with Crippen LogP contribution in [-0.2, 0) is 0 Å². The molecule has 3 heterocycles. The molecule has 6 aromatic rings. The number of hydrogen-bond donors (Lipinski definition) is 0. The van der Waals surface area contributed by atoms with Crippen LogP contribution in [0, 0.1) is 0 Å². The fourth-order valence-electron chi connectivity index (χ4n) is 3.53. The molecule has 0 aliphatic rings. The minimum absolute atomic E-state index is 0.713. The van der Waals surface area contributed by atoms with Gasteiger partial charge in [-0.05, 0) is 36.4 Å². The standard InChI is InChI=1S/C22H12N2O2/c1-2-4-18-17(3-1)23-12-19(24-18)20-11-14-6-8-15-16(22(14)26-20)7-5-13-9-10-25-21(13)15/h1-12H. The maximum atomic E-state index is 6.20. The maximum absolute atomic E-state index is 6.20. The molecule has 0 N–H and O–H groups in total. The molecule has 0 fully saturated rings. The first-order valence-corrected chi connectivity index (χ1v) is 8.41. The number of fused-ring (bicyclic) bond motifs is 6.